The van der Waals surface area contributed by atoms with Crippen molar-refractivity contribution in [2.75, 3.05) is 27.2 Å². The molecule has 3 aromatic carbocycles. The van der Waals surface area contributed by atoms with Crippen LogP contribution in [0.2, 0.25) is 0 Å². The molecule has 0 aliphatic carbocycles. The molecule has 1 aliphatic heterocycles. The number of carbonyl (C=O) groups is 2. The number of aliphatic hydroxyl groups is 1. The molecule has 6 nitrogen and oxygen atoms in total. The zero-order chi connectivity index (χ0) is 24.1. The number of hydrogen-bond donors (Lipinski definition) is 1. The first-order valence-corrected chi connectivity index (χ1v) is 11.3. The average molecular weight is 457 g/mol. The normalized spacial score (nSPS) is 17.4. The Labute approximate surface area is 199 Å². The van der Waals surface area contributed by atoms with Gasteiger partial charge in [0.15, 0.2) is 0 Å². The number of nitrogens with zero attached hydrogens (tertiary/aromatic N) is 2. The maximum absolute atomic E-state index is 13.1. The lowest BCUT2D eigenvalue weighted by molar-refractivity contribution is -0.139. The van der Waals surface area contributed by atoms with Crippen LogP contribution in [-0.2, 0) is 9.59 Å². The molecule has 1 aliphatic rings. The molecular formula is C28H28N2O4. The van der Waals surface area contributed by atoms with Crippen LogP contribution >= 0.6 is 0 Å². The second-order valence-corrected chi connectivity index (χ2v) is 8.50. The number of ketones is 1. The number of ether oxygens (including phenoxy) is 1. The molecular weight excluding hydrogens is 428 g/mol. The number of benzene rings is 3. The zero-order valence-electron chi connectivity index (χ0n) is 19.3. The smallest absolute Gasteiger partial charge is 0.295 e. The van der Waals surface area contributed by atoms with Crippen LogP contribution in [0.5, 0.6) is 11.5 Å². The maximum atomic E-state index is 13.1. The van der Waals surface area contributed by atoms with Crippen molar-refractivity contribution >= 4 is 17.4 Å². The molecule has 1 amide bonds. The summed E-state index contributed by atoms with van der Waals surface area (Å²) in [5.41, 5.74) is 1.29. The lowest BCUT2D eigenvalue weighted by Crippen LogP contribution is -2.32. The largest absolute Gasteiger partial charge is 0.507 e. The van der Waals surface area contributed by atoms with Crippen molar-refractivity contribution in [1.29, 1.82) is 0 Å². The summed E-state index contributed by atoms with van der Waals surface area (Å²) in [6.45, 7) is 1.16. The van der Waals surface area contributed by atoms with Gasteiger partial charge < -0.3 is 19.6 Å². The highest BCUT2D eigenvalue weighted by Crippen LogP contribution is 2.40. The first-order chi connectivity index (χ1) is 16.5. The Morgan fingerprint density at radius 3 is 2.24 bits per heavy atom. The van der Waals surface area contributed by atoms with E-state index < -0.39 is 17.7 Å². The van der Waals surface area contributed by atoms with Crippen LogP contribution in [0.15, 0.2) is 90.5 Å². The number of para-hydroxylation sites is 1. The summed E-state index contributed by atoms with van der Waals surface area (Å²) >= 11 is 0. The molecule has 1 saturated heterocycles. The van der Waals surface area contributed by atoms with Crippen LogP contribution < -0.4 is 4.74 Å². The third-order valence-corrected chi connectivity index (χ3v) is 5.74. The Morgan fingerprint density at radius 1 is 0.912 bits per heavy atom. The molecule has 0 bridgehead atoms. The Bertz CT molecular complexity index is 1190. The maximum Gasteiger partial charge on any atom is 0.295 e. The van der Waals surface area contributed by atoms with E-state index in [4.69, 9.17) is 4.74 Å². The van der Waals surface area contributed by atoms with E-state index in [-0.39, 0.29) is 11.3 Å². The van der Waals surface area contributed by atoms with Gasteiger partial charge in [-0.1, -0.05) is 60.7 Å². The monoisotopic (exact) mass is 456 g/mol. The molecule has 34 heavy (non-hydrogen) atoms. The van der Waals surface area contributed by atoms with Gasteiger partial charge >= 0.3 is 0 Å². The summed E-state index contributed by atoms with van der Waals surface area (Å²) in [5.74, 6) is -0.180. The molecule has 3 aromatic rings. The van der Waals surface area contributed by atoms with Crippen LogP contribution in [-0.4, -0.2) is 53.8 Å². The van der Waals surface area contributed by atoms with Crippen molar-refractivity contribution < 1.29 is 19.4 Å². The highest BCUT2D eigenvalue weighted by molar-refractivity contribution is 6.46. The molecule has 4 rings (SSSR count). The van der Waals surface area contributed by atoms with Crippen molar-refractivity contribution in [1.82, 2.24) is 9.80 Å². The van der Waals surface area contributed by atoms with Gasteiger partial charge in [0.05, 0.1) is 11.6 Å². The minimum Gasteiger partial charge on any atom is -0.507 e. The Kier molecular flexibility index (Phi) is 7.09. The summed E-state index contributed by atoms with van der Waals surface area (Å²) in [7, 11) is 3.93. The van der Waals surface area contributed by atoms with Gasteiger partial charge in [0.25, 0.3) is 11.7 Å². The number of carbonyl (C=O) groups excluding carboxylic acids is 2. The standard InChI is InChI=1S/C28H28N2O4/c1-29(2)17-10-18-30-25(21-13-9-16-23(19-21)34-22-14-7-4-8-15-22)24(27(32)28(30)33)26(31)20-11-5-3-6-12-20/h3-9,11-16,19,25,31H,10,17-18H2,1-2H3/b26-24-. The summed E-state index contributed by atoms with van der Waals surface area (Å²) in [4.78, 5) is 29.8. The number of rotatable bonds is 8. The van der Waals surface area contributed by atoms with E-state index in [1.54, 1.807) is 29.2 Å². The SMILES string of the molecule is CN(C)CCCN1C(=O)C(=O)/C(=C(\O)c2ccccc2)C1c1cccc(Oc2ccccc2)c1. The van der Waals surface area contributed by atoms with Gasteiger partial charge in [-0.25, -0.2) is 0 Å². The van der Waals surface area contributed by atoms with Crippen LogP contribution in [0.4, 0.5) is 0 Å². The van der Waals surface area contributed by atoms with Crippen molar-refractivity contribution in [3.63, 3.8) is 0 Å². The second-order valence-electron chi connectivity index (χ2n) is 8.50. The molecule has 1 fully saturated rings. The first kappa shape index (κ1) is 23.3. The van der Waals surface area contributed by atoms with E-state index in [0.717, 1.165) is 6.54 Å². The number of likely N-dealkylation sites (tertiary alicyclic amines) is 1. The summed E-state index contributed by atoms with van der Waals surface area (Å²) in [5, 5.41) is 11.1. The third-order valence-electron chi connectivity index (χ3n) is 5.74. The number of hydrogen-bond acceptors (Lipinski definition) is 5. The van der Waals surface area contributed by atoms with Gasteiger partial charge in [-0.2, -0.15) is 0 Å². The van der Waals surface area contributed by atoms with E-state index in [1.807, 2.05) is 79.7 Å². The fourth-order valence-electron chi connectivity index (χ4n) is 4.14. The van der Waals surface area contributed by atoms with Crippen LogP contribution in [0, 0.1) is 0 Å². The van der Waals surface area contributed by atoms with Crippen LogP contribution in [0.3, 0.4) is 0 Å². The summed E-state index contributed by atoms with van der Waals surface area (Å²) < 4.78 is 5.99. The molecule has 0 aromatic heterocycles. The molecule has 6 heteroatoms. The molecule has 174 valence electrons. The molecule has 1 N–H and O–H groups in total. The minimum atomic E-state index is -0.707. The lowest BCUT2D eigenvalue weighted by atomic mass is 9.95. The van der Waals surface area contributed by atoms with Crippen LogP contribution in [0.25, 0.3) is 5.76 Å². The Balaban J connectivity index is 1.76. The predicted molar refractivity (Wildman–Crippen MR) is 132 cm³/mol. The Hall–Kier alpha value is -3.90. The number of aliphatic hydroxyl groups excluding tert-OH is 1. The quantitative estimate of drug-likeness (QED) is 0.298. The van der Waals surface area contributed by atoms with Gasteiger partial charge in [0, 0.05) is 12.1 Å². The molecule has 1 heterocycles. The topological polar surface area (TPSA) is 70.1 Å². The fraction of sp³-hybridized carbons (Fsp3) is 0.214. The molecule has 0 saturated carbocycles. The zero-order valence-corrected chi connectivity index (χ0v) is 19.3. The van der Waals surface area contributed by atoms with Gasteiger partial charge in [-0.05, 0) is 56.9 Å². The second kappa shape index (κ2) is 10.4. The minimum absolute atomic E-state index is 0.0953. The van der Waals surface area contributed by atoms with E-state index in [9.17, 15) is 14.7 Å². The average Bonchev–Trinajstić information content (AvgIpc) is 3.10. The van der Waals surface area contributed by atoms with Gasteiger partial charge in [0.2, 0.25) is 0 Å². The third kappa shape index (κ3) is 5.02. The Morgan fingerprint density at radius 2 is 1.56 bits per heavy atom. The highest BCUT2D eigenvalue weighted by atomic mass is 16.5. The van der Waals surface area contributed by atoms with Gasteiger partial charge in [-0.3, -0.25) is 9.59 Å². The number of amides is 1. The first-order valence-electron chi connectivity index (χ1n) is 11.3. The van der Waals surface area contributed by atoms with Gasteiger partial charge in [0.1, 0.15) is 17.3 Å². The lowest BCUT2D eigenvalue weighted by Gasteiger charge is -2.26. The van der Waals surface area contributed by atoms with E-state index in [1.165, 1.54) is 0 Å². The van der Waals surface area contributed by atoms with Crippen LogP contribution in [0.1, 0.15) is 23.6 Å². The molecule has 0 radical (unpaired) electrons. The van der Waals surface area contributed by atoms with E-state index >= 15 is 0 Å². The number of Topliss-reactive ketones (excluding diaryl/α,β-unsaturated/α-hetero) is 1. The fourth-order valence-corrected chi connectivity index (χ4v) is 4.14. The van der Waals surface area contributed by atoms with E-state index in [2.05, 4.69) is 0 Å². The van der Waals surface area contributed by atoms with Crippen molar-refractivity contribution in [3.05, 3.63) is 102 Å². The molecule has 0 spiro atoms. The summed E-state index contributed by atoms with van der Waals surface area (Å²) in [6.07, 6.45) is 0.697. The molecule has 1 unspecified atom stereocenters. The van der Waals surface area contributed by atoms with Crippen molar-refractivity contribution in [3.8, 4) is 11.5 Å². The van der Waals surface area contributed by atoms with Gasteiger partial charge in [-0.15, -0.1) is 0 Å². The molecule has 1 atom stereocenters. The van der Waals surface area contributed by atoms with Crippen molar-refractivity contribution in [2.24, 2.45) is 0 Å². The van der Waals surface area contributed by atoms with E-state index in [0.29, 0.717) is 35.6 Å². The predicted octanol–water partition coefficient (Wildman–Crippen LogP) is 4.85. The highest BCUT2D eigenvalue weighted by Gasteiger charge is 2.45. The van der Waals surface area contributed by atoms with Crippen molar-refractivity contribution in [2.45, 2.75) is 12.5 Å². The summed E-state index contributed by atoms with van der Waals surface area (Å²) in [6, 6.07) is 24.9.